The summed E-state index contributed by atoms with van der Waals surface area (Å²) in [6, 6.07) is -0.289. The number of aromatic nitrogens is 2. The monoisotopic (exact) mass is 297 g/mol. The first-order valence-electron chi connectivity index (χ1n) is 8.43. The Morgan fingerprint density at radius 1 is 1.05 bits per heavy atom. The molecule has 2 N–H and O–H groups in total. The number of hydrogen-bond acceptors (Lipinski definition) is 5. The zero-order valence-electron chi connectivity index (χ0n) is 13.6. The van der Waals surface area contributed by atoms with Crippen molar-refractivity contribution in [2.24, 2.45) is 5.73 Å². The van der Waals surface area contributed by atoms with E-state index in [1.165, 1.54) is 38.5 Å². The molecule has 5 heteroatoms. The van der Waals surface area contributed by atoms with E-state index in [0.29, 0.717) is 18.3 Å². The van der Waals surface area contributed by atoms with Crippen molar-refractivity contribution in [2.45, 2.75) is 77.7 Å². The summed E-state index contributed by atoms with van der Waals surface area (Å²) in [5.74, 6) is 1.26. The SMILES string of the molecule is CCCCCCCCCc1nc(C(N)COCCC)no1. The Labute approximate surface area is 128 Å². The van der Waals surface area contributed by atoms with Gasteiger partial charge in [-0.05, 0) is 12.8 Å². The fourth-order valence-corrected chi connectivity index (χ4v) is 2.18. The largest absolute Gasteiger partial charge is 0.379 e. The molecule has 0 amide bonds. The molecular formula is C16H31N3O2. The van der Waals surface area contributed by atoms with E-state index in [2.05, 4.69) is 24.0 Å². The summed E-state index contributed by atoms with van der Waals surface area (Å²) in [4.78, 5) is 4.35. The molecule has 0 aromatic carbocycles. The van der Waals surface area contributed by atoms with Crippen LogP contribution in [0.2, 0.25) is 0 Å². The van der Waals surface area contributed by atoms with Gasteiger partial charge in [-0.3, -0.25) is 0 Å². The van der Waals surface area contributed by atoms with Crippen molar-refractivity contribution >= 4 is 0 Å². The highest BCUT2D eigenvalue weighted by Crippen LogP contribution is 2.12. The van der Waals surface area contributed by atoms with Gasteiger partial charge in [0, 0.05) is 13.0 Å². The van der Waals surface area contributed by atoms with Crippen LogP contribution in [0.25, 0.3) is 0 Å². The van der Waals surface area contributed by atoms with E-state index in [0.717, 1.165) is 25.9 Å². The maximum atomic E-state index is 5.96. The number of nitrogens with two attached hydrogens (primary N) is 1. The number of unbranched alkanes of at least 4 members (excludes halogenated alkanes) is 6. The minimum Gasteiger partial charge on any atom is -0.379 e. The fraction of sp³-hybridized carbons (Fsp3) is 0.875. The number of aryl methyl sites for hydroxylation is 1. The number of hydrogen-bond donors (Lipinski definition) is 1. The van der Waals surface area contributed by atoms with Crippen LogP contribution in [0.5, 0.6) is 0 Å². The average molecular weight is 297 g/mol. The maximum absolute atomic E-state index is 5.96. The second-order valence-corrected chi connectivity index (χ2v) is 5.60. The Morgan fingerprint density at radius 2 is 1.76 bits per heavy atom. The van der Waals surface area contributed by atoms with Gasteiger partial charge in [0.1, 0.15) is 0 Å². The summed E-state index contributed by atoms with van der Waals surface area (Å²) in [5, 5.41) is 3.94. The van der Waals surface area contributed by atoms with Crippen LogP contribution in [-0.4, -0.2) is 23.4 Å². The molecule has 0 aliphatic rings. The highest BCUT2D eigenvalue weighted by Gasteiger charge is 2.14. The molecule has 0 saturated heterocycles. The van der Waals surface area contributed by atoms with Crippen LogP contribution >= 0.6 is 0 Å². The lowest BCUT2D eigenvalue weighted by molar-refractivity contribution is 0.119. The molecule has 122 valence electrons. The fourth-order valence-electron chi connectivity index (χ4n) is 2.18. The summed E-state index contributed by atoms with van der Waals surface area (Å²) in [5.41, 5.74) is 5.96. The Kier molecular flexibility index (Phi) is 10.1. The molecule has 0 aliphatic carbocycles. The molecule has 21 heavy (non-hydrogen) atoms. The average Bonchev–Trinajstić information content (AvgIpc) is 2.95. The smallest absolute Gasteiger partial charge is 0.226 e. The highest BCUT2D eigenvalue weighted by molar-refractivity contribution is 4.93. The topological polar surface area (TPSA) is 74.2 Å². The molecule has 1 atom stereocenters. The normalized spacial score (nSPS) is 12.7. The maximum Gasteiger partial charge on any atom is 0.226 e. The van der Waals surface area contributed by atoms with Crippen LogP contribution < -0.4 is 5.73 Å². The minimum atomic E-state index is -0.289. The van der Waals surface area contributed by atoms with Crippen molar-refractivity contribution in [3.8, 4) is 0 Å². The van der Waals surface area contributed by atoms with Gasteiger partial charge < -0.3 is 15.0 Å². The first-order chi connectivity index (χ1) is 10.3. The molecule has 0 saturated carbocycles. The molecule has 0 spiro atoms. The third-order valence-corrected chi connectivity index (χ3v) is 3.46. The molecule has 1 aromatic heterocycles. The third kappa shape index (κ3) is 8.17. The number of ether oxygens (including phenoxy) is 1. The van der Waals surface area contributed by atoms with E-state index in [1.54, 1.807) is 0 Å². The Hall–Kier alpha value is -0.940. The Morgan fingerprint density at radius 3 is 2.48 bits per heavy atom. The number of rotatable bonds is 13. The predicted molar refractivity (Wildman–Crippen MR) is 84.0 cm³/mol. The van der Waals surface area contributed by atoms with E-state index in [1.807, 2.05) is 0 Å². The molecule has 0 radical (unpaired) electrons. The van der Waals surface area contributed by atoms with Crippen LogP contribution in [0.1, 0.15) is 83.0 Å². The van der Waals surface area contributed by atoms with Gasteiger partial charge in [0.05, 0.1) is 12.6 Å². The van der Waals surface area contributed by atoms with E-state index in [4.69, 9.17) is 15.0 Å². The summed E-state index contributed by atoms with van der Waals surface area (Å²) in [7, 11) is 0. The lowest BCUT2D eigenvalue weighted by atomic mass is 10.1. The highest BCUT2D eigenvalue weighted by atomic mass is 16.5. The van der Waals surface area contributed by atoms with Gasteiger partial charge in [0.15, 0.2) is 5.82 Å². The summed E-state index contributed by atoms with van der Waals surface area (Å²) < 4.78 is 10.6. The van der Waals surface area contributed by atoms with Gasteiger partial charge in [-0.1, -0.05) is 57.5 Å². The molecule has 1 aromatic rings. The van der Waals surface area contributed by atoms with E-state index < -0.39 is 0 Å². The van der Waals surface area contributed by atoms with Gasteiger partial charge in [0.2, 0.25) is 5.89 Å². The van der Waals surface area contributed by atoms with Gasteiger partial charge in [-0.15, -0.1) is 0 Å². The van der Waals surface area contributed by atoms with E-state index >= 15 is 0 Å². The second kappa shape index (κ2) is 11.7. The van der Waals surface area contributed by atoms with Gasteiger partial charge in [-0.2, -0.15) is 4.98 Å². The Balaban J connectivity index is 2.13. The van der Waals surface area contributed by atoms with Crippen molar-refractivity contribution in [1.82, 2.24) is 10.1 Å². The summed E-state index contributed by atoms with van der Waals surface area (Å²) in [6.45, 7) is 5.48. The van der Waals surface area contributed by atoms with E-state index in [-0.39, 0.29) is 6.04 Å². The van der Waals surface area contributed by atoms with Crippen molar-refractivity contribution in [1.29, 1.82) is 0 Å². The Bertz CT molecular complexity index is 355. The van der Waals surface area contributed by atoms with Crippen LogP contribution in [0.4, 0.5) is 0 Å². The van der Waals surface area contributed by atoms with Crippen LogP contribution in [0.3, 0.4) is 0 Å². The lowest BCUT2D eigenvalue weighted by Gasteiger charge is -2.06. The number of nitrogens with zero attached hydrogens (tertiary/aromatic N) is 2. The molecule has 0 aliphatic heterocycles. The van der Waals surface area contributed by atoms with Crippen molar-refractivity contribution in [3.05, 3.63) is 11.7 Å². The third-order valence-electron chi connectivity index (χ3n) is 3.46. The first kappa shape index (κ1) is 18.1. The minimum absolute atomic E-state index is 0.289. The quantitative estimate of drug-likeness (QED) is 0.561. The van der Waals surface area contributed by atoms with Crippen LogP contribution in [-0.2, 0) is 11.2 Å². The molecule has 1 rings (SSSR count). The summed E-state index contributed by atoms with van der Waals surface area (Å²) >= 11 is 0. The van der Waals surface area contributed by atoms with Gasteiger partial charge in [0.25, 0.3) is 0 Å². The lowest BCUT2D eigenvalue weighted by Crippen LogP contribution is -2.18. The zero-order chi connectivity index (χ0) is 15.3. The molecule has 1 unspecified atom stereocenters. The van der Waals surface area contributed by atoms with Gasteiger partial charge >= 0.3 is 0 Å². The summed E-state index contributed by atoms with van der Waals surface area (Å²) in [6.07, 6.45) is 10.8. The van der Waals surface area contributed by atoms with Crippen molar-refractivity contribution in [2.75, 3.05) is 13.2 Å². The standard InChI is InChI=1S/C16H31N3O2/c1-3-5-6-7-8-9-10-11-15-18-16(19-21-15)14(17)13-20-12-4-2/h14H,3-13,17H2,1-2H3. The molecule has 0 bridgehead atoms. The molecule has 5 nitrogen and oxygen atoms in total. The van der Waals surface area contributed by atoms with Crippen LogP contribution in [0.15, 0.2) is 4.52 Å². The first-order valence-corrected chi connectivity index (χ1v) is 8.43. The van der Waals surface area contributed by atoms with Crippen molar-refractivity contribution < 1.29 is 9.26 Å². The van der Waals surface area contributed by atoms with Crippen LogP contribution in [0, 0.1) is 0 Å². The molecule has 1 heterocycles. The van der Waals surface area contributed by atoms with E-state index in [9.17, 15) is 0 Å². The predicted octanol–water partition coefficient (Wildman–Crippen LogP) is 3.79. The molecule has 0 fully saturated rings. The second-order valence-electron chi connectivity index (χ2n) is 5.60. The zero-order valence-corrected chi connectivity index (χ0v) is 13.6. The van der Waals surface area contributed by atoms with Crippen molar-refractivity contribution in [3.63, 3.8) is 0 Å². The van der Waals surface area contributed by atoms with Gasteiger partial charge in [-0.25, -0.2) is 0 Å². The molecular weight excluding hydrogens is 266 g/mol.